The van der Waals surface area contributed by atoms with E-state index in [0.29, 0.717) is 17.3 Å². The highest BCUT2D eigenvalue weighted by molar-refractivity contribution is 5.31. The SMILES string of the molecule is CC=C1[C@H](O)C[C@@H]2[C@@H]3CC=C4C[C@@H](O)CC[C@]4(C)[C@H]3CC[C@]12C. The minimum absolute atomic E-state index is 0.123. The van der Waals surface area contributed by atoms with Crippen LogP contribution in [0.25, 0.3) is 0 Å². The van der Waals surface area contributed by atoms with Crippen molar-refractivity contribution in [3.63, 3.8) is 0 Å². The molecule has 0 aromatic rings. The summed E-state index contributed by atoms with van der Waals surface area (Å²) < 4.78 is 0. The zero-order valence-electron chi connectivity index (χ0n) is 14.9. The molecule has 4 rings (SSSR count). The van der Waals surface area contributed by atoms with E-state index < -0.39 is 0 Å². The van der Waals surface area contributed by atoms with Gasteiger partial charge in [0.1, 0.15) is 0 Å². The van der Waals surface area contributed by atoms with Crippen molar-refractivity contribution < 1.29 is 10.2 Å². The lowest BCUT2D eigenvalue weighted by molar-refractivity contribution is -0.0278. The highest BCUT2D eigenvalue weighted by atomic mass is 16.3. The van der Waals surface area contributed by atoms with Crippen molar-refractivity contribution in [2.24, 2.45) is 28.6 Å². The van der Waals surface area contributed by atoms with Crippen molar-refractivity contribution in [1.29, 1.82) is 0 Å². The van der Waals surface area contributed by atoms with Gasteiger partial charge >= 0.3 is 0 Å². The summed E-state index contributed by atoms with van der Waals surface area (Å²) in [6, 6.07) is 0. The van der Waals surface area contributed by atoms with Crippen LogP contribution in [0.3, 0.4) is 0 Å². The van der Waals surface area contributed by atoms with Gasteiger partial charge in [-0.3, -0.25) is 0 Å². The molecular weight excluding hydrogens is 284 g/mol. The minimum atomic E-state index is -0.222. The standard InChI is InChI=1S/C21H32O2/c1-4-16-19(23)12-18-15-6-5-13-11-14(22)7-9-20(13,2)17(15)8-10-21(16,18)3/h4-5,14-15,17-19,22-23H,6-12H2,1-3H3/t14-,15+,17-,18+,19+,20-,21+/m0/s1. The lowest BCUT2D eigenvalue weighted by atomic mass is 9.48. The van der Waals surface area contributed by atoms with Crippen molar-refractivity contribution >= 4 is 0 Å². The van der Waals surface area contributed by atoms with Gasteiger partial charge < -0.3 is 10.2 Å². The van der Waals surface area contributed by atoms with Crippen LogP contribution < -0.4 is 0 Å². The van der Waals surface area contributed by atoms with Gasteiger partial charge in [-0.25, -0.2) is 0 Å². The van der Waals surface area contributed by atoms with Gasteiger partial charge in [-0.2, -0.15) is 0 Å². The summed E-state index contributed by atoms with van der Waals surface area (Å²) in [5, 5.41) is 20.7. The van der Waals surface area contributed by atoms with Crippen molar-refractivity contribution in [2.45, 2.75) is 77.9 Å². The van der Waals surface area contributed by atoms with Gasteiger partial charge in [0, 0.05) is 0 Å². The number of aliphatic hydroxyl groups is 2. The van der Waals surface area contributed by atoms with Crippen molar-refractivity contribution in [2.75, 3.05) is 0 Å². The molecule has 2 heteroatoms. The maximum atomic E-state index is 10.6. The summed E-state index contributed by atoms with van der Waals surface area (Å²) >= 11 is 0. The molecule has 23 heavy (non-hydrogen) atoms. The van der Waals surface area contributed by atoms with E-state index in [-0.39, 0.29) is 17.6 Å². The normalized spacial score (nSPS) is 54.2. The predicted molar refractivity (Wildman–Crippen MR) is 92.9 cm³/mol. The van der Waals surface area contributed by atoms with E-state index in [4.69, 9.17) is 0 Å². The van der Waals surface area contributed by atoms with Crippen molar-refractivity contribution in [3.05, 3.63) is 23.3 Å². The zero-order chi connectivity index (χ0) is 16.4. The summed E-state index contributed by atoms with van der Waals surface area (Å²) in [5.74, 6) is 2.09. The van der Waals surface area contributed by atoms with Gasteiger partial charge in [-0.05, 0) is 86.0 Å². The first-order valence-electron chi connectivity index (χ1n) is 9.62. The Morgan fingerprint density at radius 3 is 2.57 bits per heavy atom. The van der Waals surface area contributed by atoms with E-state index >= 15 is 0 Å². The number of allylic oxidation sites excluding steroid dienone is 2. The molecule has 2 nitrogen and oxygen atoms in total. The predicted octanol–water partition coefficient (Wildman–Crippen LogP) is 4.23. The average Bonchev–Trinajstić information content (AvgIpc) is 2.77. The molecule has 0 aromatic heterocycles. The van der Waals surface area contributed by atoms with E-state index in [1.54, 1.807) is 0 Å². The second-order valence-electron chi connectivity index (χ2n) is 9.11. The molecule has 4 aliphatic rings. The van der Waals surface area contributed by atoms with E-state index in [9.17, 15) is 10.2 Å². The number of aliphatic hydroxyl groups excluding tert-OH is 2. The summed E-state index contributed by atoms with van der Waals surface area (Å²) in [6.45, 7) is 6.97. The fraction of sp³-hybridized carbons (Fsp3) is 0.810. The molecule has 0 bridgehead atoms. The van der Waals surface area contributed by atoms with E-state index in [1.807, 2.05) is 0 Å². The Hall–Kier alpha value is -0.600. The molecule has 0 saturated heterocycles. The Bertz CT molecular complexity index is 562. The first-order chi connectivity index (χ1) is 10.9. The van der Waals surface area contributed by atoms with Crippen LogP contribution in [0, 0.1) is 28.6 Å². The van der Waals surface area contributed by atoms with Gasteiger partial charge in [-0.1, -0.05) is 31.6 Å². The van der Waals surface area contributed by atoms with E-state index in [2.05, 4.69) is 32.9 Å². The molecule has 3 saturated carbocycles. The summed E-state index contributed by atoms with van der Waals surface area (Å²) in [4.78, 5) is 0. The fourth-order valence-corrected chi connectivity index (χ4v) is 7.03. The van der Waals surface area contributed by atoms with Crippen LogP contribution in [0.4, 0.5) is 0 Å². The van der Waals surface area contributed by atoms with E-state index in [0.717, 1.165) is 38.0 Å². The molecule has 0 spiro atoms. The molecule has 4 aliphatic carbocycles. The minimum Gasteiger partial charge on any atom is -0.393 e. The van der Waals surface area contributed by atoms with Crippen LogP contribution in [0.2, 0.25) is 0 Å². The van der Waals surface area contributed by atoms with Gasteiger partial charge in [0.2, 0.25) is 0 Å². The number of hydrogen-bond donors (Lipinski definition) is 2. The first kappa shape index (κ1) is 15.9. The third-order valence-corrected chi connectivity index (χ3v) is 8.27. The maximum Gasteiger partial charge on any atom is 0.0758 e. The van der Waals surface area contributed by atoms with Crippen molar-refractivity contribution in [3.8, 4) is 0 Å². The zero-order valence-corrected chi connectivity index (χ0v) is 14.9. The maximum absolute atomic E-state index is 10.6. The van der Waals surface area contributed by atoms with E-state index in [1.165, 1.54) is 24.0 Å². The molecular formula is C21H32O2. The van der Waals surface area contributed by atoms with Gasteiger partial charge in [0.15, 0.2) is 0 Å². The van der Waals surface area contributed by atoms with Crippen molar-refractivity contribution in [1.82, 2.24) is 0 Å². The lowest BCUT2D eigenvalue weighted by Gasteiger charge is -2.57. The highest BCUT2D eigenvalue weighted by Gasteiger charge is 2.58. The quantitative estimate of drug-likeness (QED) is 0.657. The molecule has 0 radical (unpaired) electrons. The Labute approximate surface area is 140 Å². The van der Waals surface area contributed by atoms with Gasteiger partial charge in [0.25, 0.3) is 0 Å². The Kier molecular flexibility index (Phi) is 3.59. The molecule has 0 unspecified atom stereocenters. The summed E-state index contributed by atoms with van der Waals surface area (Å²) in [6.07, 6.45) is 11.9. The first-order valence-corrected chi connectivity index (χ1v) is 9.62. The molecule has 0 amide bonds. The molecule has 128 valence electrons. The van der Waals surface area contributed by atoms with Crippen LogP contribution >= 0.6 is 0 Å². The van der Waals surface area contributed by atoms with Gasteiger partial charge in [-0.15, -0.1) is 0 Å². The third kappa shape index (κ3) is 2.07. The largest absolute Gasteiger partial charge is 0.393 e. The molecule has 0 aromatic carbocycles. The smallest absolute Gasteiger partial charge is 0.0758 e. The van der Waals surface area contributed by atoms with Crippen LogP contribution in [-0.4, -0.2) is 22.4 Å². The van der Waals surface area contributed by atoms with Crippen LogP contribution in [0.1, 0.15) is 65.7 Å². The molecule has 7 atom stereocenters. The molecule has 0 aliphatic heterocycles. The van der Waals surface area contributed by atoms with Crippen LogP contribution in [-0.2, 0) is 0 Å². The summed E-state index contributed by atoms with van der Waals surface area (Å²) in [5.41, 5.74) is 3.35. The van der Waals surface area contributed by atoms with Crippen LogP contribution in [0.5, 0.6) is 0 Å². The number of rotatable bonds is 0. The highest BCUT2D eigenvalue weighted by Crippen LogP contribution is 2.66. The number of hydrogen-bond acceptors (Lipinski definition) is 2. The van der Waals surface area contributed by atoms with Gasteiger partial charge in [0.05, 0.1) is 12.2 Å². The second-order valence-corrected chi connectivity index (χ2v) is 9.11. The average molecular weight is 316 g/mol. The molecule has 0 heterocycles. The lowest BCUT2D eigenvalue weighted by Crippen LogP contribution is -2.49. The third-order valence-electron chi connectivity index (χ3n) is 8.27. The number of fused-ring (bicyclic) bond motifs is 5. The molecule has 2 N–H and O–H groups in total. The summed E-state index contributed by atoms with van der Waals surface area (Å²) in [7, 11) is 0. The second kappa shape index (κ2) is 5.20. The topological polar surface area (TPSA) is 40.5 Å². The monoisotopic (exact) mass is 316 g/mol. The van der Waals surface area contributed by atoms with Crippen LogP contribution in [0.15, 0.2) is 23.3 Å². The molecule has 3 fully saturated rings. The Balaban J connectivity index is 1.70. The Morgan fingerprint density at radius 2 is 1.83 bits per heavy atom. The Morgan fingerprint density at radius 1 is 1.09 bits per heavy atom. The fourth-order valence-electron chi connectivity index (χ4n) is 7.03.